The summed E-state index contributed by atoms with van der Waals surface area (Å²) in [6.45, 7) is 2.56. The van der Waals surface area contributed by atoms with Gasteiger partial charge in [0.15, 0.2) is 0 Å². The Labute approximate surface area is 153 Å². The summed E-state index contributed by atoms with van der Waals surface area (Å²) >= 11 is 0. The quantitative estimate of drug-likeness (QED) is 0.858. The van der Waals surface area contributed by atoms with Crippen molar-refractivity contribution >= 4 is 17.3 Å². The van der Waals surface area contributed by atoms with Gasteiger partial charge in [-0.15, -0.1) is 0 Å². The molecule has 26 heavy (non-hydrogen) atoms. The molecule has 0 spiro atoms. The Balaban J connectivity index is 1.58. The molecule has 0 saturated carbocycles. The lowest BCUT2D eigenvalue weighted by atomic mass is 10.0. The molecule has 4 rings (SSSR count). The van der Waals surface area contributed by atoms with Gasteiger partial charge in [0, 0.05) is 43.5 Å². The highest BCUT2D eigenvalue weighted by atomic mass is 16.5. The molecule has 1 fully saturated rings. The number of ether oxygens (including phenoxy) is 1. The van der Waals surface area contributed by atoms with Gasteiger partial charge in [-0.25, -0.2) is 0 Å². The monoisotopic (exact) mass is 350 g/mol. The third-order valence-electron chi connectivity index (χ3n) is 4.94. The number of carbonyl (C=O) groups is 1. The van der Waals surface area contributed by atoms with Crippen molar-refractivity contribution < 1.29 is 14.6 Å². The van der Waals surface area contributed by atoms with Crippen molar-refractivity contribution in [1.29, 1.82) is 0 Å². The normalized spacial score (nSPS) is 20.1. The zero-order valence-corrected chi connectivity index (χ0v) is 14.5. The first-order valence-corrected chi connectivity index (χ1v) is 8.94. The number of aromatic hydroxyl groups is 1. The number of hydrogen-bond acceptors (Lipinski definition) is 5. The van der Waals surface area contributed by atoms with Crippen LogP contribution in [0.25, 0.3) is 0 Å². The van der Waals surface area contributed by atoms with Crippen molar-refractivity contribution in [1.82, 2.24) is 0 Å². The van der Waals surface area contributed by atoms with Gasteiger partial charge in [0.05, 0.1) is 12.5 Å². The number of rotatable bonds is 4. The molecular weight excluding hydrogens is 328 g/mol. The van der Waals surface area contributed by atoms with E-state index in [2.05, 4.69) is 21.9 Å². The Morgan fingerprint density at radius 1 is 1.04 bits per heavy atom. The van der Waals surface area contributed by atoms with Crippen LogP contribution in [0, 0.1) is 0 Å². The first-order chi connectivity index (χ1) is 12.7. The molecule has 0 bridgehead atoms. The van der Waals surface area contributed by atoms with Crippen LogP contribution in [0.2, 0.25) is 0 Å². The van der Waals surface area contributed by atoms with Gasteiger partial charge < -0.3 is 19.6 Å². The molecule has 0 amide bonds. The molecule has 1 saturated heterocycles. The van der Waals surface area contributed by atoms with Crippen molar-refractivity contribution in [3.63, 3.8) is 0 Å². The predicted octanol–water partition coefficient (Wildman–Crippen LogP) is 3.31. The molecule has 2 heterocycles. The van der Waals surface area contributed by atoms with E-state index < -0.39 is 0 Å². The fourth-order valence-corrected chi connectivity index (χ4v) is 3.70. The molecule has 2 aromatic carbocycles. The highest BCUT2D eigenvalue weighted by Crippen LogP contribution is 2.30. The van der Waals surface area contributed by atoms with Crippen molar-refractivity contribution in [3.8, 4) is 5.75 Å². The van der Waals surface area contributed by atoms with Crippen LogP contribution in [0.15, 0.2) is 66.4 Å². The zero-order chi connectivity index (χ0) is 17.9. The van der Waals surface area contributed by atoms with Crippen LogP contribution in [0.1, 0.15) is 12.8 Å². The number of carbonyl (C=O) groups excluding carboxylic acids is 1. The van der Waals surface area contributed by atoms with Gasteiger partial charge in [-0.2, -0.15) is 0 Å². The number of esters is 1. The summed E-state index contributed by atoms with van der Waals surface area (Å²) in [4.78, 5) is 16.1. The average molecular weight is 350 g/mol. The Kier molecular flexibility index (Phi) is 4.52. The summed E-state index contributed by atoms with van der Waals surface area (Å²) in [6.07, 6.45) is 2.91. The molecule has 0 radical (unpaired) electrons. The molecule has 2 aliphatic rings. The van der Waals surface area contributed by atoms with Crippen molar-refractivity contribution in [2.75, 3.05) is 29.4 Å². The van der Waals surface area contributed by atoms with E-state index in [0.717, 1.165) is 31.1 Å². The standard InChI is InChI=1S/C21H22N2O3/c24-19-8-4-7-17(13-19)23-12-11-22(16-5-2-1-3-6-16)15-18(23)14-20-9-10-21(25)26-20/h1-9,13,18,24H,10-12,14-15H2. The summed E-state index contributed by atoms with van der Waals surface area (Å²) in [5, 5.41) is 9.86. The van der Waals surface area contributed by atoms with Crippen molar-refractivity contribution in [3.05, 3.63) is 66.4 Å². The van der Waals surface area contributed by atoms with Gasteiger partial charge >= 0.3 is 5.97 Å². The van der Waals surface area contributed by atoms with Gasteiger partial charge in [-0.05, 0) is 30.3 Å². The smallest absolute Gasteiger partial charge is 0.314 e. The lowest BCUT2D eigenvalue weighted by molar-refractivity contribution is -0.136. The fraction of sp³-hybridized carbons (Fsp3) is 0.286. The van der Waals surface area contributed by atoms with Crippen LogP contribution in [0.5, 0.6) is 5.75 Å². The lowest BCUT2D eigenvalue weighted by Gasteiger charge is -2.44. The highest BCUT2D eigenvalue weighted by Gasteiger charge is 2.30. The number of nitrogens with zero attached hydrogens (tertiary/aromatic N) is 2. The number of benzene rings is 2. The molecule has 5 nitrogen and oxygen atoms in total. The van der Waals surface area contributed by atoms with Crippen LogP contribution >= 0.6 is 0 Å². The van der Waals surface area contributed by atoms with Crippen molar-refractivity contribution in [2.45, 2.75) is 18.9 Å². The van der Waals surface area contributed by atoms with Gasteiger partial charge in [0.2, 0.25) is 0 Å². The Morgan fingerprint density at radius 3 is 2.58 bits per heavy atom. The van der Waals surface area contributed by atoms with Crippen LogP contribution in [-0.2, 0) is 9.53 Å². The van der Waals surface area contributed by atoms with E-state index in [4.69, 9.17) is 4.74 Å². The first-order valence-electron chi connectivity index (χ1n) is 8.94. The number of para-hydroxylation sites is 1. The maximum atomic E-state index is 11.4. The molecule has 1 atom stereocenters. The van der Waals surface area contributed by atoms with E-state index in [0.29, 0.717) is 12.8 Å². The minimum atomic E-state index is -0.181. The van der Waals surface area contributed by atoms with Crippen molar-refractivity contribution in [2.24, 2.45) is 0 Å². The first kappa shape index (κ1) is 16.5. The van der Waals surface area contributed by atoms with Gasteiger partial charge in [0.25, 0.3) is 0 Å². The molecule has 5 heteroatoms. The fourth-order valence-electron chi connectivity index (χ4n) is 3.70. The minimum Gasteiger partial charge on any atom is -0.508 e. The number of anilines is 2. The molecular formula is C21H22N2O3. The van der Waals surface area contributed by atoms with E-state index in [1.54, 1.807) is 12.1 Å². The summed E-state index contributed by atoms with van der Waals surface area (Å²) < 4.78 is 5.34. The van der Waals surface area contributed by atoms with Crippen LogP contribution < -0.4 is 9.80 Å². The second-order valence-corrected chi connectivity index (χ2v) is 6.70. The third kappa shape index (κ3) is 3.52. The van der Waals surface area contributed by atoms with Crippen LogP contribution in [0.4, 0.5) is 11.4 Å². The molecule has 1 unspecified atom stereocenters. The number of hydrogen-bond donors (Lipinski definition) is 1. The Morgan fingerprint density at radius 2 is 1.85 bits per heavy atom. The summed E-state index contributed by atoms with van der Waals surface area (Å²) in [6, 6.07) is 17.9. The lowest BCUT2D eigenvalue weighted by Crippen LogP contribution is -2.53. The van der Waals surface area contributed by atoms with Gasteiger partial charge in [-0.1, -0.05) is 24.3 Å². The Bertz CT molecular complexity index is 819. The molecule has 2 aliphatic heterocycles. The number of piperazine rings is 1. The van der Waals surface area contributed by atoms with Gasteiger partial charge in [0.1, 0.15) is 11.5 Å². The Hall–Kier alpha value is -2.95. The third-order valence-corrected chi connectivity index (χ3v) is 4.94. The van der Waals surface area contributed by atoms with E-state index in [9.17, 15) is 9.90 Å². The predicted molar refractivity (Wildman–Crippen MR) is 101 cm³/mol. The molecule has 2 aromatic rings. The maximum absolute atomic E-state index is 11.4. The number of cyclic esters (lactones) is 1. The number of phenolic OH excluding ortho intramolecular Hbond substituents is 1. The number of phenols is 1. The van der Waals surface area contributed by atoms with Crippen LogP contribution in [0.3, 0.4) is 0 Å². The molecule has 0 aromatic heterocycles. The van der Waals surface area contributed by atoms with E-state index in [1.807, 2.05) is 36.4 Å². The van der Waals surface area contributed by atoms with E-state index >= 15 is 0 Å². The SMILES string of the molecule is O=C1CC=C(CC2CN(c3ccccc3)CCN2c2cccc(O)c2)O1. The summed E-state index contributed by atoms with van der Waals surface area (Å²) in [5.74, 6) is 0.831. The second kappa shape index (κ2) is 7.12. The van der Waals surface area contributed by atoms with E-state index in [-0.39, 0.29) is 17.8 Å². The second-order valence-electron chi connectivity index (χ2n) is 6.70. The minimum absolute atomic E-state index is 0.155. The maximum Gasteiger partial charge on any atom is 0.314 e. The van der Waals surface area contributed by atoms with Crippen LogP contribution in [-0.4, -0.2) is 36.8 Å². The summed E-state index contributed by atoms with van der Waals surface area (Å²) in [7, 11) is 0. The zero-order valence-electron chi connectivity index (χ0n) is 14.5. The van der Waals surface area contributed by atoms with E-state index in [1.165, 1.54) is 5.69 Å². The highest BCUT2D eigenvalue weighted by molar-refractivity contribution is 5.75. The topological polar surface area (TPSA) is 53.0 Å². The van der Waals surface area contributed by atoms with Gasteiger partial charge in [-0.3, -0.25) is 4.79 Å². The molecule has 134 valence electrons. The molecule has 1 N–H and O–H groups in total. The molecule has 0 aliphatic carbocycles. The average Bonchev–Trinajstić information content (AvgIpc) is 3.07. The summed E-state index contributed by atoms with van der Waals surface area (Å²) in [5.41, 5.74) is 2.19. The largest absolute Gasteiger partial charge is 0.508 e.